The minimum absolute atomic E-state index is 0.00659. The van der Waals surface area contributed by atoms with Gasteiger partial charge in [0.05, 0.1) is 5.75 Å². The van der Waals surface area contributed by atoms with E-state index in [1.54, 1.807) is 6.07 Å². The Hall–Kier alpha value is -0.950. The van der Waals surface area contributed by atoms with Crippen LogP contribution in [0.25, 0.3) is 0 Å². The molecule has 0 aliphatic carbocycles. The smallest absolute Gasteiger partial charge is 0.230 e. The maximum Gasteiger partial charge on any atom is 0.230 e. The molecule has 0 aromatic carbocycles. The first-order valence-corrected chi connectivity index (χ1v) is 7.33. The number of nitrogens with one attached hydrogen (secondary N) is 1. The first kappa shape index (κ1) is 14.1. The predicted molar refractivity (Wildman–Crippen MR) is 72.2 cm³/mol. The highest BCUT2D eigenvalue weighted by molar-refractivity contribution is 8.00. The Balaban J connectivity index is 2.57. The molecule has 0 aliphatic rings. The Morgan fingerprint density at radius 1 is 1.53 bits per heavy atom. The van der Waals surface area contributed by atoms with Crippen molar-refractivity contribution < 1.29 is 4.79 Å². The number of thioether (sulfide) groups is 2. The molecule has 1 rings (SSSR count). The third-order valence-corrected chi connectivity index (χ3v) is 3.14. The van der Waals surface area contributed by atoms with Gasteiger partial charge in [0, 0.05) is 12.1 Å². The first-order valence-electron chi connectivity index (χ1n) is 5.12. The van der Waals surface area contributed by atoms with Crippen molar-refractivity contribution in [2.45, 2.75) is 30.1 Å². The summed E-state index contributed by atoms with van der Waals surface area (Å²) < 4.78 is 0. The number of hydrogen-bond donors (Lipinski definition) is 2. The average molecular weight is 272 g/mol. The summed E-state index contributed by atoms with van der Waals surface area (Å²) in [6.45, 7) is 3.86. The summed E-state index contributed by atoms with van der Waals surface area (Å²) in [5.41, 5.74) is 5.64. The Bertz CT molecular complexity index is 398. The van der Waals surface area contributed by atoms with E-state index in [1.165, 1.54) is 23.5 Å². The highest BCUT2D eigenvalue weighted by atomic mass is 32.2. The van der Waals surface area contributed by atoms with Gasteiger partial charge in [0.15, 0.2) is 5.16 Å². The van der Waals surface area contributed by atoms with Gasteiger partial charge in [-0.15, -0.1) is 0 Å². The monoisotopic (exact) mass is 272 g/mol. The van der Waals surface area contributed by atoms with E-state index in [4.69, 9.17) is 5.73 Å². The molecule has 0 saturated carbocycles. The Labute approximate surface area is 109 Å². The zero-order valence-electron chi connectivity index (χ0n) is 10.1. The summed E-state index contributed by atoms with van der Waals surface area (Å²) in [6.07, 6.45) is 1.88. The number of nitrogens with two attached hydrogens (primary N) is 1. The molecule has 0 atom stereocenters. The molecule has 0 aliphatic heterocycles. The van der Waals surface area contributed by atoms with E-state index < -0.39 is 0 Å². The molecule has 1 amide bonds. The third-order valence-electron chi connectivity index (χ3n) is 1.69. The lowest BCUT2D eigenvalue weighted by molar-refractivity contribution is -0.119. The molecule has 3 N–H and O–H groups in total. The van der Waals surface area contributed by atoms with Crippen molar-refractivity contribution in [3.05, 3.63) is 6.07 Å². The van der Waals surface area contributed by atoms with Crippen molar-refractivity contribution in [2.24, 2.45) is 0 Å². The first-order chi connectivity index (χ1) is 8.01. The Morgan fingerprint density at radius 2 is 2.24 bits per heavy atom. The number of aromatic nitrogens is 2. The summed E-state index contributed by atoms with van der Waals surface area (Å²) in [4.78, 5) is 19.8. The van der Waals surface area contributed by atoms with Crippen LogP contribution in [-0.2, 0) is 4.79 Å². The molecule has 1 aromatic rings. The standard InChI is InChI=1S/C10H16N4OS2/c1-6(2)12-8(15)5-17-9-4-7(11)13-10(14-9)16-3/h4,6H,5H2,1-3H3,(H,12,15)(H2,11,13,14). The Morgan fingerprint density at radius 3 is 2.82 bits per heavy atom. The lowest BCUT2D eigenvalue weighted by atomic mass is 10.4. The molecular formula is C10H16N4OS2. The van der Waals surface area contributed by atoms with Gasteiger partial charge in [0.2, 0.25) is 5.91 Å². The van der Waals surface area contributed by atoms with Crippen LogP contribution in [0.15, 0.2) is 16.2 Å². The van der Waals surface area contributed by atoms with Crippen LogP contribution in [0.3, 0.4) is 0 Å². The largest absolute Gasteiger partial charge is 0.384 e. The van der Waals surface area contributed by atoms with Crippen molar-refractivity contribution in [3.8, 4) is 0 Å². The van der Waals surface area contributed by atoms with E-state index in [2.05, 4.69) is 15.3 Å². The van der Waals surface area contributed by atoms with E-state index in [-0.39, 0.29) is 11.9 Å². The van der Waals surface area contributed by atoms with E-state index in [0.717, 1.165) is 5.03 Å². The number of carbonyl (C=O) groups is 1. The molecule has 1 aromatic heterocycles. The molecule has 0 saturated heterocycles. The minimum Gasteiger partial charge on any atom is -0.384 e. The third kappa shape index (κ3) is 5.27. The van der Waals surface area contributed by atoms with Crippen LogP contribution >= 0.6 is 23.5 Å². The zero-order chi connectivity index (χ0) is 12.8. The maximum atomic E-state index is 11.5. The molecule has 0 unspecified atom stereocenters. The van der Waals surface area contributed by atoms with E-state index in [9.17, 15) is 4.79 Å². The molecule has 0 fully saturated rings. The van der Waals surface area contributed by atoms with Crippen molar-refractivity contribution in [2.75, 3.05) is 17.7 Å². The molecule has 0 radical (unpaired) electrons. The SMILES string of the molecule is CSc1nc(N)cc(SCC(=O)NC(C)C)n1. The van der Waals surface area contributed by atoms with Crippen LogP contribution in [0, 0.1) is 0 Å². The lowest BCUT2D eigenvalue weighted by Gasteiger charge is -2.08. The van der Waals surface area contributed by atoms with Gasteiger partial charge in [-0.2, -0.15) is 0 Å². The summed E-state index contributed by atoms with van der Waals surface area (Å²) in [7, 11) is 0. The molecule has 94 valence electrons. The molecular weight excluding hydrogens is 256 g/mol. The summed E-state index contributed by atoms with van der Waals surface area (Å²) in [5.74, 6) is 0.756. The van der Waals surface area contributed by atoms with Crippen molar-refractivity contribution in [3.63, 3.8) is 0 Å². The van der Waals surface area contributed by atoms with Crippen LogP contribution in [-0.4, -0.2) is 33.9 Å². The molecule has 1 heterocycles. The van der Waals surface area contributed by atoms with Gasteiger partial charge in [-0.05, 0) is 20.1 Å². The molecule has 5 nitrogen and oxygen atoms in total. The summed E-state index contributed by atoms with van der Waals surface area (Å²) >= 11 is 2.78. The van der Waals surface area contributed by atoms with Crippen LogP contribution < -0.4 is 11.1 Å². The number of carbonyl (C=O) groups excluding carboxylic acids is 1. The number of rotatable bonds is 5. The molecule has 7 heteroatoms. The van der Waals surface area contributed by atoms with Gasteiger partial charge >= 0.3 is 0 Å². The van der Waals surface area contributed by atoms with Crippen molar-refractivity contribution in [1.29, 1.82) is 0 Å². The fourth-order valence-corrected chi connectivity index (χ4v) is 2.25. The van der Waals surface area contributed by atoms with Gasteiger partial charge in [0.25, 0.3) is 0 Å². The van der Waals surface area contributed by atoms with Gasteiger partial charge in [-0.1, -0.05) is 23.5 Å². The highest BCUT2D eigenvalue weighted by Crippen LogP contribution is 2.20. The highest BCUT2D eigenvalue weighted by Gasteiger charge is 2.07. The van der Waals surface area contributed by atoms with E-state index in [1.807, 2.05) is 20.1 Å². The minimum atomic E-state index is -0.00659. The quantitative estimate of drug-likeness (QED) is 0.479. The van der Waals surface area contributed by atoms with Crippen LogP contribution in [0.2, 0.25) is 0 Å². The fraction of sp³-hybridized carbons (Fsp3) is 0.500. The number of hydrogen-bond acceptors (Lipinski definition) is 6. The maximum absolute atomic E-state index is 11.5. The molecule has 17 heavy (non-hydrogen) atoms. The van der Waals surface area contributed by atoms with Gasteiger partial charge in [-0.3, -0.25) is 4.79 Å². The normalized spacial score (nSPS) is 10.6. The van der Waals surface area contributed by atoms with Crippen molar-refractivity contribution in [1.82, 2.24) is 15.3 Å². The Kier molecular flexibility index (Phi) is 5.57. The second-order valence-corrected chi connectivity index (χ2v) is 5.40. The summed E-state index contributed by atoms with van der Waals surface area (Å²) in [5, 5.41) is 4.16. The van der Waals surface area contributed by atoms with Gasteiger partial charge < -0.3 is 11.1 Å². The van der Waals surface area contributed by atoms with Crippen LogP contribution in [0.4, 0.5) is 5.82 Å². The van der Waals surface area contributed by atoms with Crippen LogP contribution in [0.5, 0.6) is 0 Å². The second-order valence-electron chi connectivity index (χ2n) is 3.63. The fourth-order valence-electron chi connectivity index (χ4n) is 1.09. The number of nitrogens with zero attached hydrogens (tertiary/aromatic N) is 2. The zero-order valence-corrected chi connectivity index (χ0v) is 11.7. The van der Waals surface area contributed by atoms with E-state index >= 15 is 0 Å². The van der Waals surface area contributed by atoms with E-state index in [0.29, 0.717) is 16.7 Å². The number of nitrogen functional groups attached to an aromatic ring is 1. The van der Waals surface area contributed by atoms with Crippen molar-refractivity contribution >= 4 is 35.2 Å². The lowest BCUT2D eigenvalue weighted by Crippen LogP contribution is -2.31. The summed E-state index contributed by atoms with van der Waals surface area (Å²) in [6, 6.07) is 1.83. The average Bonchev–Trinajstić information content (AvgIpc) is 2.24. The second kappa shape index (κ2) is 6.70. The predicted octanol–water partition coefficient (Wildman–Crippen LogP) is 1.40. The van der Waals surface area contributed by atoms with Crippen LogP contribution in [0.1, 0.15) is 13.8 Å². The van der Waals surface area contributed by atoms with Gasteiger partial charge in [-0.25, -0.2) is 9.97 Å². The number of anilines is 1. The molecule has 0 bridgehead atoms. The van der Waals surface area contributed by atoms with Gasteiger partial charge in [0.1, 0.15) is 10.8 Å². The molecule has 0 spiro atoms. The number of amides is 1. The topological polar surface area (TPSA) is 80.9 Å².